The number of thiazole rings is 1. The van der Waals surface area contributed by atoms with Gasteiger partial charge in [-0.2, -0.15) is 0 Å². The maximum Gasteiger partial charge on any atom is 0.226 e. The number of carbonyl (C=O) groups excluding carboxylic acids is 1. The van der Waals surface area contributed by atoms with Gasteiger partial charge in [-0.3, -0.25) is 4.79 Å². The Hall–Kier alpha value is -0.940. The molecule has 0 saturated carbocycles. The van der Waals surface area contributed by atoms with Crippen LogP contribution in [0.25, 0.3) is 0 Å². The van der Waals surface area contributed by atoms with Crippen molar-refractivity contribution in [2.24, 2.45) is 5.92 Å². The first-order valence-corrected chi connectivity index (χ1v) is 6.42. The molecule has 1 rings (SSSR count). The van der Waals surface area contributed by atoms with Gasteiger partial charge in [-0.15, -0.1) is 11.3 Å². The molecule has 0 aliphatic rings. The molecular weight excluding hydrogens is 222 g/mol. The van der Waals surface area contributed by atoms with Crippen molar-refractivity contribution in [1.82, 2.24) is 15.2 Å². The highest BCUT2D eigenvalue weighted by Crippen LogP contribution is 2.07. The van der Waals surface area contributed by atoms with E-state index in [-0.39, 0.29) is 11.8 Å². The van der Waals surface area contributed by atoms with Crippen molar-refractivity contribution in [3.8, 4) is 0 Å². The maximum absolute atomic E-state index is 11.9. The summed E-state index contributed by atoms with van der Waals surface area (Å²) in [5.41, 5.74) is 2.74. The largest absolute Gasteiger partial charge is 0.340 e. The van der Waals surface area contributed by atoms with Gasteiger partial charge in [0.05, 0.1) is 17.7 Å². The minimum atomic E-state index is 0.0172. The first kappa shape index (κ1) is 13.1. The molecule has 0 saturated heterocycles. The Morgan fingerprint density at radius 1 is 1.69 bits per heavy atom. The molecule has 1 amide bonds. The molecular formula is C11H19N3OS. The molecule has 1 N–H and O–H groups in total. The molecule has 1 aromatic rings. The second kappa shape index (κ2) is 6.60. The number of aromatic nitrogens is 1. The Morgan fingerprint density at radius 2 is 2.44 bits per heavy atom. The maximum atomic E-state index is 11.9. The van der Waals surface area contributed by atoms with Crippen molar-refractivity contribution in [1.29, 1.82) is 0 Å². The van der Waals surface area contributed by atoms with Crippen LogP contribution in [0.1, 0.15) is 19.5 Å². The molecule has 0 aromatic carbocycles. The highest BCUT2D eigenvalue weighted by molar-refractivity contribution is 7.07. The van der Waals surface area contributed by atoms with Crippen molar-refractivity contribution < 1.29 is 4.79 Å². The summed E-state index contributed by atoms with van der Waals surface area (Å²) < 4.78 is 0. The van der Waals surface area contributed by atoms with Gasteiger partial charge in [0.25, 0.3) is 0 Å². The van der Waals surface area contributed by atoms with E-state index in [9.17, 15) is 4.79 Å². The van der Waals surface area contributed by atoms with Gasteiger partial charge in [0.2, 0.25) is 5.91 Å². The van der Waals surface area contributed by atoms with E-state index in [4.69, 9.17) is 0 Å². The third-order valence-corrected chi connectivity index (χ3v) is 3.02. The minimum Gasteiger partial charge on any atom is -0.340 e. The van der Waals surface area contributed by atoms with E-state index in [1.807, 2.05) is 26.3 Å². The quantitative estimate of drug-likeness (QED) is 0.817. The predicted molar refractivity (Wildman–Crippen MR) is 66.3 cm³/mol. The predicted octanol–water partition coefficient (Wildman–Crippen LogP) is 1.35. The van der Waals surface area contributed by atoms with Crippen LogP contribution in [0.4, 0.5) is 0 Å². The van der Waals surface area contributed by atoms with Crippen LogP contribution in [0.2, 0.25) is 0 Å². The van der Waals surface area contributed by atoms with E-state index in [0.717, 1.165) is 18.8 Å². The van der Waals surface area contributed by atoms with Crippen molar-refractivity contribution in [2.75, 3.05) is 20.1 Å². The molecule has 0 aliphatic carbocycles. The van der Waals surface area contributed by atoms with Crippen LogP contribution in [-0.4, -0.2) is 35.9 Å². The Kier molecular flexibility index (Phi) is 5.42. The smallest absolute Gasteiger partial charge is 0.226 e. The van der Waals surface area contributed by atoms with E-state index in [1.54, 1.807) is 21.7 Å². The standard InChI is InChI=1S/C11H19N3OS/c1-4-12-5-9(2)11(15)14(3)6-10-7-16-8-13-10/h7-9,12H,4-6H2,1-3H3. The second-order valence-corrected chi connectivity index (χ2v) is 4.60. The molecule has 5 heteroatoms. The fourth-order valence-electron chi connectivity index (χ4n) is 1.46. The molecule has 16 heavy (non-hydrogen) atoms. The fraction of sp³-hybridized carbons (Fsp3) is 0.636. The van der Waals surface area contributed by atoms with E-state index >= 15 is 0 Å². The molecule has 0 spiro atoms. The molecule has 1 atom stereocenters. The van der Waals surface area contributed by atoms with Crippen molar-refractivity contribution in [3.63, 3.8) is 0 Å². The van der Waals surface area contributed by atoms with Crippen LogP contribution in [0.3, 0.4) is 0 Å². The second-order valence-electron chi connectivity index (χ2n) is 3.88. The molecule has 0 aliphatic heterocycles. The van der Waals surface area contributed by atoms with E-state index in [0.29, 0.717) is 6.54 Å². The molecule has 0 bridgehead atoms. The number of nitrogens with one attached hydrogen (secondary N) is 1. The number of carbonyl (C=O) groups is 1. The summed E-state index contributed by atoms with van der Waals surface area (Å²) >= 11 is 1.55. The van der Waals surface area contributed by atoms with E-state index < -0.39 is 0 Å². The van der Waals surface area contributed by atoms with Gasteiger partial charge in [-0.1, -0.05) is 13.8 Å². The summed E-state index contributed by atoms with van der Waals surface area (Å²) in [5.74, 6) is 0.178. The Bertz CT molecular complexity index is 313. The zero-order valence-corrected chi connectivity index (χ0v) is 10.9. The van der Waals surface area contributed by atoms with Gasteiger partial charge in [0, 0.05) is 24.9 Å². The van der Waals surface area contributed by atoms with Crippen LogP contribution in [0.5, 0.6) is 0 Å². The summed E-state index contributed by atoms with van der Waals surface area (Å²) in [6.07, 6.45) is 0. The first-order valence-electron chi connectivity index (χ1n) is 5.48. The monoisotopic (exact) mass is 241 g/mol. The fourth-order valence-corrected chi connectivity index (χ4v) is 2.01. The van der Waals surface area contributed by atoms with Crippen molar-refractivity contribution >= 4 is 17.2 Å². The van der Waals surface area contributed by atoms with Crippen LogP contribution in [0, 0.1) is 5.92 Å². The van der Waals surface area contributed by atoms with E-state index in [2.05, 4.69) is 10.3 Å². The Labute approximate surface area is 101 Å². The minimum absolute atomic E-state index is 0.0172. The van der Waals surface area contributed by atoms with Gasteiger partial charge in [0.1, 0.15) is 0 Å². The van der Waals surface area contributed by atoms with Gasteiger partial charge >= 0.3 is 0 Å². The molecule has 0 fully saturated rings. The lowest BCUT2D eigenvalue weighted by Crippen LogP contribution is -2.36. The lowest BCUT2D eigenvalue weighted by atomic mass is 10.1. The van der Waals surface area contributed by atoms with Crippen molar-refractivity contribution in [3.05, 3.63) is 16.6 Å². The normalized spacial score (nSPS) is 12.4. The number of hydrogen-bond donors (Lipinski definition) is 1. The van der Waals surface area contributed by atoms with Crippen LogP contribution in [0.15, 0.2) is 10.9 Å². The first-order chi connectivity index (χ1) is 7.65. The zero-order chi connectivity index (χ0) is 12.0. The number of amides is 1. The highest BCUT2D eigenvalue weighted by atomic mass is 32.1. The van der Waals surface area contributed by atoms with Gasteiger partial charge < -0.3 is 10.2 Å². The van der Waals surface area contributed by atoms with Crippen molar-refractivity contribution in [2.45, 2.75) is 20.4 Å². The number of nitrogens with zero attached hydrogens (tertiary/aromatic N) is 2. The highest BCUT2D eigenvalue weighted by Gasteiger charge is 2.17. The Morgan fingerprint density at radius 3 is 3.00 bits per heavy atom. The van der Waals surface area contributed by atoms with Gasteiger partial charge in [0.15, 0.2) is 0 Å². The summed E-state index contributed by atoms with van der Waals surface area (Å²) in [7, 11) is 1.82. The van der Waals surface area contributed by atoms with Crippen LogP contribution >= 0.6 is 11.3 Å². The van der Waals surface area contributed by atoms with Crippen LogP contribution in [-0.2, 0) is 11.3 Å². The molecule has 1 heterocycles. The molecule has 0 radical (unpaired) electrons. The number of hydrogen-bond acceptors (Lipinski definition) is 4. The Balaban J connectivity index is 2.41. The lowest BCUT2D eigenvalue weighted by molar-refractivity contribution is -0.134. The zero-order valence-electron chi connectivity index (χ0n) is 10.1. The average Bonchev–Trinajstić information content (AvgIpc) is 2.77. The molecule has 1 aromatic heterocycles. The van der Waals surface area contributed by atoms with Gasteiger partial charge in [-0.05, 0) is 6.54 Å². The molecule has 1 unspecified atom stereocenters. The van der Waals surface area contributed by atoms with Crippen LogP contribution < -0.4 is 5.32 Å². The topological polar surface area (TPSA) is 45.2 Å². The third kappa shape index (κ3) is 3.90. The third-order valence-electron chi connectivity index (χ3n) is 2.38. The van der Waals surface area contributed by atoms with Gasteiger partial charge in [-0.25, -0.2) is 4.98 Å². The molecule has 90 valence electrons. The summed E-state index contributed by atoms with van der Waals surface area (Å²) in [5, 5.41) is 5.15. The summed E-state index contributed by atoms with van der Waals surface area (Å²) in [6, 6.07) is 0. The summed E-state index contributed by atoms with van der Waals surface area (Å²) in [4.78, 5) is 17.8. The lowest BCUT2D eigenvalue weighted by Gasteiger charge is -2.20. The summed E-state index contributed by atoms with van der Waals surface area (Å²) in [6.45, 7) is 6.21. The SMILES string of the molecule is CCNCC(C)C(=O)N(C)Cc1cscn1. The average molecular weight is 241 g/mol. The van der Waals surface area contributed by atoms with E-state index in [1.165, 1.54) is 0 Å². The molecule has 4 nitrogen and oxygen atoms in total. The number of rotatable bonds is 6.